The number of fused-ring (bicyclic) bond motifs is 4. The molecule has 5 rings (SSSR count). The number of rotatable bonds is 5. The monoisotopic (exact) mass is 499 g/mol. The van der Waals surface area contributed by atoms with Crippen molar-refractivity contribution in [3.63, 3.8) is 0 Å². The van der Waals surface area contributed by atoms with E-state index >= 15 is 0 Å². The topological polar surface area (TPSA) is 12.4 Å². The molecule has 0 amide bonds. The van der Waals surface area contributed by atoms with Gasteiger partial charge in [0.15, 0.2) is 0 Å². The van der Waals surface area contributed by atoms with Crippen LogP contribution in [0.3, 0.4) is 0 Å². The maximum Gasteiger partial charge on any atom is 0.0568 e. The Balaban J connectivity index is 1.61. The average Bonchev–Trinajstić information content (AvgIpc) is 2.93. The molecule has 0 radical (unpaired) electrons. The minimum absolute atomic E-state index is 0.280. The molecule has 0 fully saturated rings. The zero-order valence-electron chi connectivity index (χ0n) is 23.3. The molecule has 3 atom stereocenters. The summed E-state index contributed by atoms with van der Waals surface area (Å²) in [4.78, 5) is 4.63. The predicted molar refractivity (Wildman–Crippen MR) is 166 cm³/mol. The van der Waals surface area contributed by atoms with Gasteiger partial charge in [-0.05, 0) is 108 Å². The summed E-state index contributed by atoms with van der Waals surface area (Å²) in [6.07, 6.45) is 33.7. The molecular weight excluding hydrogens is 458 g/mol. The van der Waals surface area contributed by atoms with E-state index in [-0.39, 0.29) is 6.04 Å². The third-order valence-electron chi connectivity index (χ3n) is 8.34. The van der Waals surface area contributed by atoms with Crippen LogP contribution in [-0.4, -0.2) is 12.3 Å². The molecule has 1 heterocycles. The first-order chi connectivity index (χ1) is 18.6. The minimum atomic E-state index is 0.280. The summed E-state index contributed by atoms with van der Waals surface area (Å²) in [5.41, 5.74) is 12.0. The molecule has 1 aliphatic heterocycles. The van der Waals surface area contributed by atoms with Crippen molar-refractivity contribution in [1.82, 2.24) is 0 Å². The van der Waals surface area contributed by atoms with Crippen molar-refractivity contribution in [2.75, 3.05) is 0 Å². The van der Waals surface area contributed by atoms with Crippen LogP contribution in [0.2, 0.25) is 0 Å². The summed E-state index contributed by atoms with van der Waals surface area (Å²) in [7, 11) is 0. The molecule has 3 aliphatic carbocycles. The van der Waals surface area contributed by atoms with Gasteiger partial charge < -0.3 is 0 Å². The molecule has 0 spiro atoms. The molecule has 0 saturated heterocycles. The zero-order chi connectivity index (χ0) is 26.5. The van der Waals surface area contributed by atoms with Gasteiger partial charge in [-0.2, -0.15) is 0 Å². The lowest BCUT2D eigenvalue weighted by molar-refractivity contribution is 0.634. The zero-order valence-corrected chi connectivity index (χ0v) is 23.3. The Kier molecular flexibility index (Phi) is 8.23. The van der Waals surface area contributed by atoms with Gasteiger partial charge >= 0.3 is 0 Å². The number of aryl methyl sites for hydroxylation is 1. The van der Waals surface area contributed by atoms with Crippen LogP contribution in [0, 0.1) is 11.8 Å². The van der Waals surface area contributed by atoms with Crippen LogP contribution in [-0.2, 0) is 6.42 Å². The molecule has 4 aliphatic rings. The van der Waals surface area contributed by atoms with Crippen LogP contribution in [0.5, 0.6) is 0 Å². The number of aliphatic imine (C=N–C) groups is 1. The Labute approximate surface area is 229 Å². The summed E-state index contributed by atoms with van der Waals surface area (Å²) in [5, 5.41) is 0. The van der Waals surface area contributed by atoms with Crippen molar-refractivity contribution >= 4 is 17.4 Å². The van der Waals surface area contributed by atoms with Crippen LogP contribution in [0.1, 0.15) is 69.6 Å². The van der Waals surface area contributed by atoms with Gasteiger partial charge in [0.05, 0.1) is 6.04 Å². The quantitative estimate of drug-likeness (QED) is 0.382. The van der Waals surface area contributed by atoms with Crippen molar-refractivity contribution in [2.24, 2.45) is 16.8 Å². The number of hydrogen-bond acceptors (Lipinski definition) is 1. The highest BCUT2D eigenvalue weighted by Crippen LogP contribution is 2.39. The van der Waals surface area contributed by atoms with Crippen LogP contribution < -0.4 is 0 Å². The average molecular weight is 500 g/mol. The lowest BCUT2D eigenvalue weighted by atomic mass is 9.79. The fourth-order valence-corrected chi connectivity index (χ4v) is 5.94. The van der Waals surface area contributed by atoms with E-state index in [4.69, 9.17) is 0 Å². The van der Waals surface area contributed by atoms with E-state index < -0.39 is 0 Å². The van der Waals surface area contributed by atoms with E-state index in [0.717, 1.165) is 32.1 Å². The van der Waals surface area contributed by atoms with E-state index in [9.17, 15) is 0 Å². The smallest absolute Gasteiger partial charge is 0.0568 e. The van der Waals surface area contributed by atoms with E-state index in [1.54, 1.807) is 0 Å². The first-order valence-electron chi connectivity index (χ1n) is 14.5. The highest BCUT2D eigenvalue weighted by atomic mass is 14.8. The third-order valence-corrected chi connectivity index (χ3v) is 8.34. The van der Waals surface area contributed by atoms with E-state index in [1.165, 1.54) is 56.5 Å². The third kappa shape index (κ3) is 5.83. The Morgan fingerprint density at radius 2 is 1.87 bits per heavy atom. The van der Waals surface area contributed by atoms with Gasteiger partial charge in [0, 0.05) is 18.1 Å². The van der Waals surface area contributed by atoms with Crippen LogP contribution >= 0.6 is 0 Å². The predicted octanol–water partition coefficient (Wildman–Crippen LogP) is 9.74. The van der Waals surface area contributed by atoms with Crippen LogP contribution in [0.25, 0.3) is 11.1 Å². The maximum atomic E-state index is 4.69. The fourth-order valence-electron chi connectivity index (χ4n) is 5.94. The molecule has 194 valence electrons. The Bertz CT molecular complexity index is 1360. The number of nitrogens with zero attached hydrogens (tertiary/aromatic N) is 1. The Hall–Kier alpha value is -3.45. The van der Waals surface area contributed by atoms with Crippen LogP contribution in [0.4, 0.5) is 0 Å². The molecule has 1 aromatic carbocycles. The molecule has 3 unspecified atom stereocenters. The van der Waals surface area contributed by atoms with Gasteiger partial charge in [0.1, 0.15) is 0 Å². The van der Waals surface area contributed by atoms with Gasteiger partial charge in [-0.1, -0.05) is 93.3 Å². The second kappa shape index (κ2) is 11.9. The number of allylic oxidation sites excluding steroid dienone is 15. The van der Waals surface area contributed by atoms with E-state index in [2.05, 4.69) is 117 Å². The molecule has 0 aromatic heterocycles. The van der Waals surface area contributed by atoms with Crippen molar-refractivity contribution in [3.8, 4) is 0 Å². The van der Waals surface area contributed by atoms with Gasteiger partial charge in [-0.3, -0.25) is 4.99 Å². The lowest BCUT2D eigenvalue weighted by Gasteiger charge is -2.26. The van der Waals surface area contributed by atoms with E-state index in [1.807, 2.05) is 6.21 Å². The summed E-state index contributed by atoms with van der Waals surface area (Å²) in [5.74, 6) is 0.707. The maximum absolute atomic E-state index is 4.69. The summed E-state index contributed by atoms with van der Waals surface area (Å²) >= 11 is 0. The molecule has 1 heteroatoms. The molecule has 0 N–H and O–H groups in total. The normalized spacial score (nSPS) is 30.1. The van der Waals surface area contributed by atoms with Gasteiger partial charge in [-0.25, -0.2) is 0 Å². The molecule has 38 heavy (non-hydrogen) atoms. The summed E-state index contributed by atoms with van der Waals surface area (Å²) in [6.45, 7) is 11.4. The van der Waals surface area contributed by atoms with Gasteiger partial charge in [0.25, 0.3) is 0 Å². The first-order valence-corrected chi connectivity index (χ1v) is 14.5. The molecule has 1 aromatic rings. The molecule has 4 bridgehead atoms. The summed E-state index contributed by atoms with van der Waals surface area (Å²) < 4.78 is 0. The number of dihydropyridines is 1. The van der Waals surface area contributed by atoms with Gasteiger partial charge in [0.2, 0.25) is 0 Å². The van der Waals surface area contributed by atoms with Crippen molar-refractivity contribution < 1.29 is 0 Å². The van der Waals surface area contributed by atoms with Crippen molar-refractivity contribution in [2.45, 2.75) is 65.3 Å². The van der Waals surface area contributed by atoms with Crippen molar-refractivity contribution in [3.05, 3.63) is 131 Å². The van der Waals surface area contributed by atoms with Gasteiger partial charge in [-0.15, -0.1) is 0 Å². The fraction of sp³-hybridized carbons (Fsp3) is 0.324. The molecule has 0 saturated carbocycles. The largest absolute Gasteiger partial charge is 0.289 e. The van der Waals surface area contributed by atoms with Crippen molar-refractivity contribution in [1.29, 1.82) is 0 Å². The molecule has 1 nitrogen and oxygen atoms in total. The number of hydrogen-bond donors (Lipinski definition) is 0. The minimum Gasteiger partial charge on any atom is -0.289 e. The lowest BCUT2D eigenvalue weighted by Crippen LogP contribution is -2.14. The molecular formula is C37H41N. The standard InChI is InChI=1S/C37H41N/c1-5-28-22-34(31(6-2)24-33-14-10-20-38-27(33)4)25-35(23-28)37-15-8-7-13-32-18-16-29-11-9-12-30(21-29)17-19-36(37)26(32)3/h9-12,14-20,22-25,27,32-33H,3,5-8,13,21H2,1-2,4H3/b18-16-,30-17-,31-24+,36-19-,37-15-. The first kappa shape index (κ1) is 26.2. The number of benzene rings is 1. The SMILES string of the molecule is C=C1C2=C/C=C3/C=CC=C(/C=C\C1CCC/C=C\2c1cc(CC)cc(/C(=C/C2C=CC=NC2C)CC)c1)C3. The second-order valence-corrected chi connectivity index (χ2v) is 11.0. The van der Waals surface area contributed by atoms with E-state index in [0.29, 0.717) is 11.8 Å². The summed E-state index contributed by atoms with van der Waals surface area (Å²) in [6, 6.07) is 7.51. The Morgan fingerprint density at radius 3 is 2.68 bits per heavy atom. The Morgan fingerprint density at radius 1 is 1.00 bits per heavy atom. The van der Waals surface area contributed by atoms with Crippen LogP contribution in [0.15, 0.2) is 119 Å². The second-order valence-electron chi connectivity index (χ2n) is 11.0. The highest BCUT2D eigenvalue weighted by Gasteiger charge is 2.22. The highest BCUT2D eigenvalue weighted by molar-refractivity contribution is 5.86.